The van der Waals surface area contributed by atoms with Crippen molar-refractivity contribution in [2.75, 3.05) is 23.7 Å². The lowest BCUT2D eigenvalue weighted by molar-refractivity contribution is -0.140. The van der Waals surface area contributed by atoms with E-state index in [-0.39, 0.29) is 18.9 Å². The number of nitrogens with one attached hydrogen (secondary N) is 1. The van der Waals surface area contributed by atoms with Gasteiger partial charge in [0.2, 0.25) is 21.8 Å². The van der Waals surface area contributed by atoms with Crippen molar-refractivity contribution >= 4 is 61.5 Å². The molecule has 43 heavy (non-hydrogen) atoms. The number of rotatable bonds is 13. The van der Waals surface area contributed by atoms with Gasteiger partial charge in [-0.15, -0.1) is 0 Å². The van der Waals surface area contributed by atoms with Gasteiger partial charge in [-0.2, -0.15) is 0 Å². The van der Waals surface area contributed by atoms with Gasteiger partial charge < -0.3 is 10.2 Å². The van der Waals surface area contributed by atoms with Crippen molar-refractivity contribution < 1.29 is 18.0 Å². The number of anilines is 1. The first-order valence-electron chi connectivity index (χ1n) is 14.1. The van der Waals surface area contributed by atoms with Crippen LogP contribution in [0.3, 0.4) is 0 Å². The molecule has 0 saturated carbocycles. The molecular weight excluding hydrogens is 605 g/mol. The summed E-state index contributed by atoms with van der Waals surface area (Å²) in [5.41, 5.74) is 1.90. The first-order chi connectivity index (χ1) is 20.6. The molecule has 0 fully saturated rings. The second-order valence-corrected chi connectivity index (χ2v) is 13.1. The Hall–Kier alpha value is -3.59. The molecule has 0 radical (unpaired) electrons. The van der Waals surface area contributed by atoms with Crippen LogP contribution in [0.15, 0.2) is 91.0 Å². The Balaban J connectivity index is 1.78. The van der Waals surface area contributed by atoms with Gasteiger partial charge >= 0.3 is 0 Å². The van der Waals surface area contributed by atoms with Crippen LogP contribution in [0, 0.1) is 0 Å². The van der Waals surface area contributed by atoms with E-state index in [0.29, 0.717) is 33.2 Å². The number of hydrogen-bond donors (Lipinski definition) is 1. The third kappa shape index (κ3) is 8.50. The van der Waals surface area contributed by atoms with Gasteiger partial charge in [-0.3, -0.25) is 13.9 Å². The van der Waals surface area contributed by atoms with Crippen molar-refractivity contribution in [3.05, 3.63) is 112 Å². The molecule has 0 saturated heterocycles. The number of sulfonamides is 1. The Morgan fingerprint density at radius 2 is 1.56 bits per heavy atom. The summed E-state index contributed by atoms with van der Waals surface area (Å²) in [6.45, 7) is 2.00. The van der Waals surface area contributed by atoms with Crippen LogP contribution in [-0.2, 0) is 32.6 Å². The lowest BCUT2D eigenvalue weighted by atomic mass is 10.0. The number of unbranched alkanes of at least 4 members (excludes halogenated alkanes) is 1. The molecule has 0 aliphatic carbocycles. The molecule has 10 heteroatoms. The van der Waals surface area contributed by atoms with Crippen molar-refractivity contribution in [3.63, 3.8) is 0 Å². The van der Waals surface area contributed by atoms with E-state index in [1.54, 1.807) is 30.3 Å². The molecule has 0 spiro atoms. The molecule has 0 aliphatic heterocycles. The van der Waals surface area contributed by atoms with E-state index < -0.39 is 28.5 Å². The molecule has 4 rings (SSSR count). The second kappa shape index (κ2) is 14.7. The summed E-state index contributed by atoms with van der Waals surface area (Å²) in [5, 5.41) is 5.18. The summed E-state index contributed by atoms with van der Waals surface area (Å²) >= 11 is 12.5. The van der Waals surface area contributed by atoms with Crippen LogP contribution in [-0.4, -0.2) is 50.5 Å². The fourth-order valence-corrected chi connectivity index (χ4v) is 6.10. The van der Waals surface area contributed by atoms with Crippen LogP contribution in [0.2, 0.25) is 10.0 Å². The van der Waals surface area contributed by atoms with Crippen LogP contribution < -0.4 is 9.62 Å². The van der Waals surface area contributed by atoms with E-state index in [9.17, 15) is 18.0 Å². The van der Waals surface area contributed by atoms with Crippen LogP contribution in [0.1, 0.15) is 30.9 Å². The molecule has 0 aliphatic rings. The maximum absolute atomic E-state index is 14.3. The van der Waals surface area contributed by atoms with Gasteiger partial charge in [0.05, 0.1) is 22.0 Å². The molecule has 0 unspecified atom stereocenters. The predicted molar refractivity (Wildman–Crippen MR) is 175 cm³/mol. The van der Waals surface area contributed by atoms with Crippen molar-refractivity contribution in [2.24, 2.45) is 0 Å². The zero-order valence-corrected chi connectivity index (χ0v) is 26.5. The summed E-state index contributed by atoms with van der Waals surface area (Å²) in [6, 6.07) is 26.2. The number of nitrogens with zero attached hydrogens (tertiary/aromatic N) is 2. The van der Waals surface area contributed by atoms with E-state index in [1.165, 1.54) is 4.90 Å². The summed E-state index contributed by atoms with van der Waals surface area (Å²) in [4.78, 5) is 29.5. The monoisotopic (exact) mass is 639 g/mol. The zero-order valence-electron chi connectivity index (χ0n) is 24.2. The Morgan fingerprint density at radius 1 is 0.860 bits per heavy atom. The van der Waals surface area contributed by atoms with Crippen molar-refractivity contribution in [1.29, 1.82) is 0 Å². The molecule has 1 atom stereocenters. The summed E-state index contributed by atoms with van der Waals surface area (Å²) in [5.74, 6) is -0.849. The number of hydrogen-bond acceptors (Lipinski definition) is 4. The zero-order chi connectivity index (χ0) is 31.0. The molecule has 1 N–H and O–H groups in total. The lowest BCUT2D eigenvalue weighted by Gasteiger charge is -2.33. The van der Waals surface area contributed by atoms with Crippen LogP contribution in [0.5, 0.6) is 0 Å². The Labute approximate surface area is 263 Å². The van der Waals surface area contributed by atoms with Crippen molar-refractivity contribution in [2.45, 2.75) is 38.8 Å². The Kier molecular flexibility index (Phi) is 11.1. The third-order valence-corrected chi connectivity index (χ3v) is 9.02. The van der Waals surface area contributed by atoms with E-state index >= 15 is 0 Å². The molecule has 2 amide bonds. The van der Waals surface area contributed by atoms with Crippen molar-refractivity contribution in [3.8, 4) is 0 Å². The predicted octanol–water partition coefficient (Wildman–Crippen LogP) is 6.47. The lowest BCUT2D eigenvalue weighted by Crippen LogP contribution is -2.53. The van der Waals surface area contributed by atoms with E-state index in [2.05, 4.69) is 5.32 Å². The number of carbonyl (C=O) groups excluding carboxylic acids is 2. The molecule has 0 aromatic heterocycles. The highest BCUT2D eigenvalue weighted by molar-refractivity contribution is 7.92. The quantitative estimate of drug-likeness (QED) is 0.170. The maximum Gasteiger partial charge on any atom is 0.244 e. The molecule has 4 aromatic carbocycles. The highest BCUT2D eigenvalue weighted by atomic mass is 35.5. The van der Waals surface area contributed by atoms with E-state index in [4.69, 9.17) is 23.2 Å². The maximum atomic E-state index is 14.3. The van der Waals surface area contributed by atoms with Crippen LogP contribution in [0.25, 0.3) is 10.8 Å². The van der Waals surface area contributed by atoms with Crippen molar-refractivity contribution in [1.82, 2.24) is 10.2 Å². The van der Waals surface area contributed by atoms with Gasteiger partial charge in [-0.25, -0.2) is 8.42 Å². The summed E-state index contributed by atoms with van der Waals surface area (Å²) in [6.07, 6.45) is 2.99. The SMILES string of the molecule is CCCCNC(=O)[C@@H](Cc1ccccc1)N(Cc1ccc(Cl)c(Cl)c1)C(=O)CN(c1cccc2ccccc12)S(C)(=O)=O. The fraction of sp³-hybridized carbons (Fsp3) is 0.273. The number of carbonyl (C=O) groups is 2. The van der Waals surface area contributed by atoms with Crippen LogP contribution >= 0.6 is 23.2 Å². The normalized spacial score (nSPS) is 12.1. The first-order valence-corrected chi connectivity index (χ1v) is 16.7. The number of benzene rings is 4. The smallest absolute Gasteiger partial charge is 0.244 e. The minimum Gasteiger partial charge on any atom is -0.354 e. The number of fused-ring (bicyclic) bond motifs is 1. The highest BCUT2D eigenvalue weighted by Crippen LogP contribution is 2.29. The Morgan fingerprint density at radius 3 is 2.26 bits per heavy atom. The van der Waals surface area contributed by atoms with E-state index in [1.807, 2.05) is 67.6 Å². The van der Waals surface area contributed by atoms with Gasteiger partial charge in [0.25, 0.3) is 0 Å². The third-order valence-electron chi connectivity index (χ3n) is 7.15. The van der Waals surface area contributed by atoms with Gasteiger partial charge in [-0.1, -0.05) is 109 Å². The standard InChI is InChI=1S/C33H35Cl2N3O4S/c1-3-4-19-36-33(40)31(21-24-11-6-5-7-12-24)37(22-25-17-18-28(34)29(35)20-25)32(39)23-38(43(2,41)42)30-16-10-14-26-13-8-9-15-27(26)30/h5-18,20,31H,3-4,19,21-23H2,1-2H3,(H,36,40)/t31-/m1/s1. The van der Waals surface area contributed by atoms with Crippen LogP contribution in [0.4, 0.5) is 5.69 Å². The highest BCUT2D eigenvalue weighted by Gasteiger charge is 2.33. The van der Waals surface area contributed by atoms with Gasteiger partial charge in [0.15, 0.2) is 0 Å². The topological polar surface area (TPSA) is 86.8 Å². The molecule has 0 heterocycles. The van der Waals surface area contributed by atoms with Gasteiger partial charge in [0.1, 0.15) is 12.6 Å². The molecular formula is C33H35Cl2N3O4S. The fourth-order valence-electron chi connectivity index (χ4n) is 4.92. The average Bonchev–Trinajstić information content (AvgIpc) is 2.99. The second-order valence-electron chi connectivity index (χ2n) is 10.4. The average molecular weight is 641 g/mol. The van der Waals surface area contributed by atoms with Gasteiger partial charge in [0, 0.05) is 24.9 Å². The summed E-state index contributed by atoms with van der Waals surface area (Å²) in [7, 11) is -3.90. The molecule has 7 nitrogen and oxygen atoms in total. The van der Waals surface area contributed by atoms with Gasteiger partial charge in [-0.05, 0) is 41.1 Å². The summed E-state index contributed by atoms with van der Waals surface area (Å²) < 4.78 is 27.5. The molecule has 0 bridgehead atoms. The number of halogens is 2. The minimum absolute atomic E-state index is 0.0154. The molecule has 4 aromatic rings. The largest absolute Gasteiger partial charge is 0.354 e. The van der Waals surface area contributed by atoms with E-state index in [0.717, 1.165) is 34.4 Å². The minimum atomic E-state index is -3.90. The Bertz CT molecular complexity index is 1680. The first kappa shape index (κ1) is 32.3. The number of amides is 2. The molecule has 226 valence electrons.